The lowest BCUT2D eigenvalue weighted by Gasteiger charge is -2.14. The molecular formula is C14H20N2O3. The summed E-state index contributed by atoms with van der Waals surface area (Å²) in [7, 11) is 1.37. The van der Waals surface area contributed by atoms with Gasteiger partial charge in [0.05, 0.1) is 13.5 Å². The summed E-state index contributed by atoms with van der Waals surface area (Å²) in [6, 6.07) is 7.64. The Morgan fingerprint density at radius 2 is 1.95 bits per heavy atom. The number of nitrogens with two attached hydrogens (primary N) is 1. The normalized spacial score (nSPS) is 11.9. The highest BCUT2D eigenvalue weighted by atomic mass is 16.5. The zero-order valence-electron chi connectivity index (χ0n) is 11.3. The fourth-order valence-corrected chi connectivity index (χ4v) is 1.79. The Bertz CT molecular complexity index is 446. The SMILES string of the molecule is COC(=O)Cc1ccccc1CNC(C)CC(N)=O. The van der Waals surface area contributed by atoms with Crippen LogP contribution in [-0.4, -0.2) is 25.0 Å². The van der Waals surface area contributed by atoms with Gasteiger partial charge in [-0.15, -0.1) is 0 Å². The second-order valence-corrected chi connectivity index (χ2v) is 4.47. The van der Waals surface area contributed by atoms with Crippen molar-refractivity contribution in [3.63, 3.8) is 0 Å². The highest BCUT2D eigenvalue weighted by molar-refractivity contribution is 5.74. The Labute approximate surface area is 113 Å². The number of carbonyl (C=O) groups excluding carboxylic acids is 2. The number of esters is 1. The molecule has 104 valence electrons. The molecule has 0 saturated heterocycles. The van der Waals surface area contributed by atoms with Crippen LogP contribution in [0.25, 0.3) is 0 Å². The highest BCUT2D eigenvalue weighted by Gasteiger charge is 2.09. The van der Waals surface area contributed by atoms with E-state index in [0.29, 0.717) is 13.0 Å². The van der Waals surface area contributed by atoms with Gasteiger partial charge < -0.3 is 15.8 Å². The Morgan fingerprint density at radius 1 is 1.32 bits per heavy atom. The number of hydrogen-bond donors (Lipinski definition) is 2. The third-order valence-electron chi connectivity index (χ3n) is 2.83. The highest BCUT2D eigenvalue weighted by Crippen LogP contribution is 2.10. The zero-order valence-corrected chi connectivity index (χ0v) is 11.3. The third kappa shape index (κ3) is 5.52. The van der Waals surface area contributed by atoms with Crippen molar-refractivity contribution in [1.82, 2.24) is 5.32 Å². The molecule has 1 unspecified atom stereocenters. The van der Waals surface area contributed by atoms with Crippen LogP contribution in [0, 0.1) is 0 Å². The molecule has 1 amide bonds. The summed E-state index contributed by atoms with van der Waals surface area (Å²) in [6.45, 7) is 2.48. The predicted octanol–water partition coefficient (Wildman–Crippen LogP) is 0.756. The molecule has 0 aliphatic rings. The van der Waals surface area contributed by atoms with Crippen molar-refractivity contribution in [3.8, 4) is 0 Å². The number of carbonyl (C=O) groups is 2. The summed E-state index contributed by atoms with van der Waals surface area (Å²) in [5, 5.41) is 3.21. The van der Waals surface area contributed by atoms with Crippen LogP contribution in [0.5, 0.6) is 0 Å². The van der Waals surface area contributed by atoms with Gasteiger partial charge in [-0.25, -0.2) is 0 Å². The smallest absolute Gasteiger partial charge is 0.309 e. The minimum atomic E-state index is -0.331. The summed E-state index contributed by atoms with van der Waals surface area (Å²) in [5.74, 6) is -0.597. The van der Waals surface area contributed by atoms with E-state index in [4.69, 9.17) is 5.73 Å². The van der Waals surface area contributed by atoms with Crippen LogP contribution < -0.4 is 11.1 Å². The van der Waals surface area contributed by atoms with E-state index in [2.05, 4.69) is 10.1 Å². The maximum Gasteiger partial charge on any atom is 0.309 e. The number of rotatable bonds is 7. The third-order valence-corrected chi connectivity index (χ3v) is 2.83. The standard InChI is InChI=1S/C14H20N2O3/c1-10(7-13(15)17)16-9-12-6-4-3-5-11(12)8-14(18)19-2/h3-6,10,16H,7-9H2,1-2H3,(H2,15,17). The van der Waals surface area contributed by atoms with E-state index in [9.17, 15) is 9.59 Å². The van der Waals surface area contributed by atoms with Gasteiger partial charge >= 0.3 is 5.97 Å². The van der Waals surface area contributed by atoms with Crippen molar-refractivity contribution >= 4 is 11.9 Å². The van der Waals surface area contributed by atoms with Crippen molar-refractivity contribution in [2.75, 3.05) is 7.11 Å². The molecule has 1 aromatic rings. The Kier molecular flexibility index (Phi) is 6.02. The van der Waals surface area contributed by atoms with Gasteiger partial charge in [0.15, 0.2) is 0 Å². The number of ether oxygens (including phenoxy) is 1. The number of hydrogen-bond acceptors (Lipinski definition) is 4. The van der Waals surface area contributed by atoms with Crippen LogP contribution in [-0.2, 0) is 27.3 Å². The molecule has 0 aliphatic carbocycles. The van der Waals surface area contributed by atoms with Crippen LogP contribution in [0.3, 0.4) is 0 Å². The first-order chi connectivity index (χ1) is 9.02. The minimum Gasteiger partial charge on any atom is -0.469 e. The van der Waals surface area contributed by atoms with Crippen molar-refractivity contribution in [2.24, 2.45) is 5.73 Å². The topological polar surface area (TPSA) is 81.4 Å². The van der Waals surface area contributed by atoms with E-state index >= 15 is 0 Å². The van der Waals surface area contributed by atoms with Crippen molar-refractivity contribution in [1.29, 1.82) is 0 Å². The van der Waals surface area contributed by atoms with E-state index in [1.54, 1.807) is 0 Å². The molecule has 0 fully saturated rings. The van der Waals surface area contributed by atoms with E-state index in [1.807, 2.05) is 31.2 Å². The summed E-state index contributed by atoms with van der Waals surface area (Å²) < 4.78 is 4.67. The van der Waals surface area contributed by atoms with Gasteiger partial charge in [-0.05, 0) is 18.1 Å². The van der Waals surface area contributed by atoms with Crippen molar-refractivity contribution in [2.45, 2.75) is 32.4 Å². The fourth-order valence-electron chi connectivity index (χ4n) is 1.79. The molecule has 0 aliphatic heterocycles. The maximum absolute atomic E-state index is 11.3. The summed E-state index contributed by atoms with van der Waals surface area (Å²) in [5.41, 5.74) is 7.08. The lowest BCUT2D eigenvalue weighted by atomic mass is 10.0. The first kappa shape index (κ1) is 15.2. The number of nitrogens with one attached hydrogen (secondary N) is 1. The Morgan fingerprint density at radius 3 is 2.53 bits per heavy atom. The number of amides is 1. The number of primary amides is 1. The largest absolute Gasteiger partial charge is 0.469 e. The number of methoxy groups -OCH3 is 1. The molecule has 0 spiro atoms. The lowest BCUT2D eigenvalue weighted by Crippen LogP contribution is -2.30. The first-order valence-corrected chi connectivity index (χ1v) is 6.18. The summed E-state index contributed by atoms with van der Waals surface area (Å²) in [6.07, 6.45) is 0.539. The molecule has 3 N–H and O–H groups in total. The molecule has 0 bridgehead atoms. The molecule has 5 heteroatoms. The van der Waals surface area contributed by atoms with Gasteiger partial charge in [-0.1, -0.05) is 24.3 Å². The van der Waals surface area contributed by atoms with Gasteiger partial charge in [0.1, 0.15) is 0 Å². The second-order valence-electron chi connectivity index (χ2n) is 4.47. The van der Waals surface area contributed by atoms with Gasteiger partial charge in [-0.3, -0.25) is 9.59 Å². The molecule has 0 aromatic heterocycles. The van der Waals surface area contributed by atoms with Crippen LogP contribution >= 0.6 is 0 Å². The molecule has 1 atom stereocenters. The van der Waals surface area contributed by atoms with Crippen LogP contribution in [0.4, 0.5) is 0 Å². The molecule has 0 saturated carbocycles. The van der Waals surface area contributed by atoms with Gasteiger partial charge in [-0.2, -0.15) is 0 Å². The number of benzene rings is 1. The van der Waals surface area contributed by atoms with Crippen molar-refractivity contribution in [3.05, 3.63) is 35.4 Å². The zero-order chi connectivity index (χ0) is 14.3. The molecule has 0 heterocycles. The van der Waals surface area contributed by atoms with Crippen molar-refractivity contribution < 1.29 is 14.3 Å². The molecule has 5 nitrogen and oxygen atoms in total. The lowest BCUT2D eigenvalue weighted by molar-refractivity contribution is -0.139. The average Bonchev–Trinajstić information content (AvgIpc) is 2.36. The second kappa shape index (κ2) is 7.53. The molecule has 1 rings (SSSR count). The van der Waals surface area contributed by atoms with E-state index in [0.717, 1.165) is 11.1 Å². The van der Waals surface area contributed by atoms with Gasteiger partial charge in [0, 0.05) is 19.0 Å². The quantitative estimate of drug-likeness (QED) is 0.712. The molecule has 1 aromatic carbocycles. The van der Waals surface area contributed by atoms with Crippen LogP contribution in [0.15, 0.2) is 24.3 Å². The van der Waals surface area contributed by atoms with Crippen LogP contribution in [0.2, 0.25) is 0 Å². The average molecular weight is 264 g/mol. The first-order valence-electron chi connectivity index (χ1n) is 6.18. The summed E-state index contributed by atoms with van der Waals surface area (Å²) >= 11 is 0. The van der Waals surface area contributed by atoms with Crippen LogP contribution in [0.1, 0.15) is 24.5 Å². The van der Waals surface area contributed by atoms with E-state index in [-0.39, 0.29) is 24.3 Å². The monoisotopic (exact) mass is 264 g/mol. The molecular weight excluding hydrogens is 244 g/mol. The Balaban J connectivity index is 2.62. The van der Waals surface area contributed by atoms with Gasteiger partial charge in [0.25, 0.3) is 0 Å². The minimum absolute atomic E-state index is 0.00341. The van der Waals surface area contributed by atoms with E-state index < -0.39 is 0 Å². The summed E-state index contributed by atoms with van der Waals surface area (Å²) in [4.78, 5) is 22.1. The van der Waals surface area contributed by atoms with E-state index in [1.165, 1.54) is 7.11 Å². The van der Waals surface area contributed by atoms with Gasteiger partial charge in [0.2, 0.25) is 5.91 Å². The molecule has 0 radical (unpaired) electrons. The maximum atomic E-state index is 11.3. The predicted molar refractivity (Wildman–Crippen MR) is 72.3 cm³/mol. The fraction of sp³-hybridized carbons (Fsp3) is 0.429. The molecule has 19 heavy (non-hydrogen) atoms. The Hall–Kier alpha value is -1.88.